The Morgan fingerprint density at radius 1 is 1.64 bits per heavy atom. The first kappa shape index (κ1) is 10.9. The Morgan fingerprint density at radius 3 is 2.71 bits per heavy atom. The standard InChI is InChI=1S/C9H7ClF2N2/c1-5-2-6(4-13)7(3-10)14-8(5)9(11)12/h2,9H,3H2,1H3. The van der Waals surface area contributed by atoms with Gasteiger partial charge < -0.3 is 0 Å². The number of alkyl halides is 3. The first-order valence-electron chi connectivity index (χ1n) is 3.84. The molecule has 0 N–H and O–H groups in total. The summed E-state index contributed by atoms with van der Waals surface area (Å²) >= 11 is 5.48. The molecule has 0 fully saturated rings. The highest BCUT2D eigenvalue weighted by Crippen LogP contribution is 2.23. The van der Waals surface area contributed by atoms with Crippen LogP contribution in [0.5, 0.6) is 0 Å². The number of rotatable bonds is 2. The molecule has 0 aliphatic carbocycles. The van der Waals surface area contributed by atoms with Crippen LogP contribution in [0.25, 0.3) is 0 Å². The van der Waals surface area contributed by atoms with E-state index in [1.165, 1.54) is 13.0 Å². The minimum absolute atomic E-state index is 0.0388. The fourth-order valence-corrected chi connectivity index (χ4v) is 1.29. The van der Waals surface area contributed by atoms with Crippen molar-refractivity contribution in [1.82, 2.24) is 4.98 Å². The minimum atomic E-state index is -2.63. The molecule has 0 amide bonds. The highest BCUT2D eigenvalue weighted by Gasteiger charge is 2.15. The molecule has 5 heteroatoms. The van der Waals surface area contributed by atoms with Crippen LogP contribution in [0.3, 0.4) is 0 Å². The van der Waals surface area contributed by atoms with E-state index in [0.717, 1.165) is 0 Å². The molecule has 0 saturated carbocycles. The van der Waals surface area contributed by atoms with Crippen LogP contribution in [-0.4, -0.2) is 4.98 Å². The molecule has 0 atom stereocenters. The maximum absolute atomic E-state index is 12.4. The van der Waals surface area contributed by atoms with Gasteiger partial charge in [-0.25, -0.2) is 13.8 Å². The molecule has 0 radical (unpaired) electrons. The highest BCUT2D eigenvalue weighted by atomic mass is 35.5. The summed E-state index contributed by atoms with van der Waals surface area (Å²) in [6, 6.07) is 3.24. The van der Waals surface area contributed by atoms with Crippen molar-refractivity contribution in [2.45, 2.75) is 19.2 Å². The summed E-state index contributed by atoms with van der Waals surface area (Å²) < 4.78 is 24.8. The van der Waals surface area contributed by atoms with Crippen LogP contribution in [0.15, 0.2) is 6.07 Å². The lowest BCUT2D eigenvalue weighted by Crippen LogP contribution is -2.01. The number of aromatic nitrogens is 1. The summed E-state index contributed by atoms with van der Waals surface area (Å²) in [5.41, 5.74) is 0.460. The van der Waals surface area contributed by atoms with Crippen LogP contribution >= 0.6 is 11.6 Å². The van der Waals surface area contributed by atoms with Crippen LogP contribution in [0.4, 0.5) is 8.78 Å². The largest absolute Gasteiger partial charge is 0.280 e. The molecule has 2 nitrogen and oxygen atoms in total. The topological polar surface area (TPSA) is 36.7 Å². The van der Waals surface area contributed by atoms with Gasteiger partial charge in [0.25, 0.3) is 6.43 Å². The lowest BCUT2D eigenvalue weighted by Gasteiger charge is -2.06. The number of hydrogen-bond donors (Lipinski definition) is 0. The van der Waals surface area contributed by atoms with Gasteiger partial charge >= 0.3 is 0 Å². The molecule has 0 spiro atoms. The van der Waals surface area contributed by atoms with Gasteiger partial charge in [-0.1, -0.05) is 0 Å². The predicted octanol–water partition coefficient (Wildman–Crippen LogP) is 2.94. The molecule has 0 aliphatic heterocycles. The van der Waals surface area contributed by atoms with E-state index in [4.69, 9.17) is 16.9 Å². The van der Waals surface area contributed by atoms with Crippen molar-refractivity contribution in [3.63, 3.8) is 0 Å². The summed E-state index contributed by atoms with van der Waals surface area (Å²) in [5.74, 6) is -0.0388. The molecule has 14 heavy (non-hydrogen) atoms. The van der Waals surface area contributed by atoms with Crippen molar-refractivity contribution in [2.24, 2.45) is 0 Å². The zero-order chi connectivity index (χ0) is 10.7. The summed E-state index contributed by atoms with van der Waals surface area (Å²) in [4.78, 5) is 3.66. The zero-order valence-corrected chi connectivity index (χ0v) is 8.15. The summed E-state index contributed by atoms with van der Waals surface area (Å²) in [7, 11) is 0. The van der Waals surface area contributed by atoms with Crippen molar-refractivity contribution < 1.29 is 8.78 Å². The normalized spacial score (nSPS) is 10.3. The van der Waals surface area contributed by atoms with E-state index in [1.807, 2.05) is 6.07 Å². The molecule has 1 aromatic heterocycles. The fraction of sp³-hybridized carbons (Fsp3) is 0.333. The Labute approximate surface area is 85.1 Å². The van der Waals surface area contributed by atoms with Crippen LogP contribution < -0.4 is 0 Å². The molecule has 1 rings (SSSR count). The fourth-order valence-electron chi connectivity index (χ4n) is 1.09. The van der Waals surface area contributed by atoms with E-state index < -0.39 is 6.43 Å². The lowest BCUT2D eigenvalue weighted by atomic mass is 10.1. The van der Waals surface area contributed by atoms with Gasteiger partial charge in [0.2, 0.25) is 0 Å². The second kappa shape index (κ2) is 4.34. The Bertz CT molecular complexity index is 384. The van der Waals surface area contributed by atoms with Gasteiger partial charge in [-0.05, 0) is 18.6 Å². The molecular weight excluding hydrogens is 210 g/mol. The number of halogens is 3. The molecule has 0 saturated heterocycles. The average molecular weight is 217 g/mol. The van der Waals surface area contributed by atoms with Gasteiger partial charge in [-0.15, -0.1) is 11.6 Å². The van der Waals surface area contributed by atoms with Crippen molar-refractivity contribution in [1.29, 1.82) is 5.26 Å². The van der Waals surface area contributed by atoms with Crippen LogP contribution in [0, 0.1) is 18.3 Å². The SMILES string of the molecule is Cc1cc(C#N)c(CCl)nc1C(F)F. The van der Waals surface area contributed by atoms with Crippen molar-refractivity contribution >= 4 is 11.6 Å². The summed E-state index contributed by atoms with van der Waals surface area (Å²) in [6.45, 7) is 1.49. The minimum Gasteiger partial charge on any atom is -0.249 e. The first-order chi connectivity index (χ1) is 6.60. The Balaban J connectivity index is 3.32. The Kier molecular flexibility index (Phi) is 3.37. The predicted molar refractivity (Wildman–Crippen MR) is 48.2 cm³/mol. The zero-order valence-electron chi connectivity index (χ0n) is 7.39. The molecule has 0 aliphatic rings. The van der Waals surface area contributed by atoms with E-state index in [9.17, 15) is 8.78 Å². The molecule has 0 unspecified atom stereocenters. The first-order valence-corrected chi connectivity index (χ1v) is 4.38. The second-order valence-electron chi connectivity index (χ2n) is 2.73. The summed E-state index contributed by atoms with van der Waals surface area (Å²) in [5, 5.41) is 8.67. The molecule has 74 valence electrons. The quantitative estimate of drug-likeness (QED) is 0.713. The van der Waals surface area contributed by atoms with E-state index in [0.29, 0.717) is 5.56 Å². The maximum atomic E-state index is 12.4. The van der Waals surface area contributed by atoms with E-state index >= 15 is 0 Å². The van der Waals surface area contributed by atoms with Gasteiger partial charge in [0.1, 0.15) is 11.8 Å². The van der Waals surface area contributed by atoms with Crippen molar-refractivity contribution in [3.05, 3.63) is 28.6 Å². The number of aryl methyl sites for hydroxylation is 1. The monoisotopic (exact) mass is 216 g/mol. The Morgan fingerprint density at radius 2 is 2.29 bits per heavy atom. The van der Waals surface area contributed by atoms with Crippen LogP contribution in [-0.2, 0) is 5.88 Å². The molecular formula is C9H7ClF2N2. The maximum Gasteiger partial charge on any atom is 0.280 e. The smallest absolute Gasteiger partial charge is 0.249 e. The van der Waals surface area contributed by atoms with Gasteiger partial charge in [0.15, 0.2) is 0 Å². The molecule has 0 bridgehead atoms. The second-order valence-corrected chi connectivity index (χ2v) is 3.00. The van der Waals surface area contributed by atoms with Gasteiger partial charge in [-0.3, -0.25) is 0 Å². The molecule has 0 aromatic carbocycles. The molecule has 1 aromatic rings. The van der Waals surface area contributed by atoms with Crippen LogP contribution in [0.2, 0.25) is 0 Å². The number of pyridine rings is 1. The third-order valence-corrected chi connectivity index (χ3v) is 2.04. The van der Waals surface area contributed by atoms with Crippen molar-refractivity contribution in [3.8, 4) is 6.07 Å². The third kappa shape index (κ3) is 1.99. The number of nitrogens with zero attached hydrogens (tertiary/aromatic N) is 2. The van der Waals surface area contributed by atoms with Crippen LogP contribution in [0.1, 0.15) is 28.9 Å². The average Bonchev–Trinajstić information content (AvgIpc) is 2.16. The van der Waals surface area contributed by atoms with E-state index in [2.05, 4.69) is 4.98 Å². The number of hydrogen-bond acceptors (Lipinski definition) is 2. The van der Waals surface area contributed by atoms with E-state index in [-0.39, 0.29) is 22.8 Å². The van der Waals surface area contributed by atoms with Gasteiger partial charge in [0.05, 0.1) is 17.1 Å². The summed E-state index contributed by atoms with van der Waals surface area (Å²) in [6.07, 6.45) is -2.63. The lowest BCUT2D eigenvalue weighted by molar-refractivity contribution is 0.145. The Hall–Kier alpha value is -1.21. The molecule has 1 heterocycles. The van der Waals surface area contributed by atoms with Crippen molar-refractivity contribution in [2.75, 3.05) is 0 Å². The van der Waals surface area contributed by atoms with Gasteiger partial charge in [0, 0.05) is 0 Å². The number of nitriles is 1. The third-order valence-electron chi connectivity index (χ3n) is 1.78. The van der Waals surface area contributed by atoms with E-state index in [1.54, 1.807) is 0 Å². The highest BCUT2D eigenvalue weighted by molar-refractivity contribution is 6.17. The van der Waals surface area contributed by atoms with Gasteiger partial charge in [-0.2, -0.15) is 5.26 Å².